The molecule has 1 atom stereocenters. The molecule has 1 unspecified atom stereocenters. The molecule has 0 radical (unpaired) electrons. The number of halogens is 2. The molecule has 2 amide bonds. The average molecular weight is 420 g/mol. The Hall–Kier alpha value is -2.44. The van der Waals surface area contributed by atoms with Gasteiger partial charge in [0.1, 0.15) is 5.82 Å². The summed E-state index contributed by atoms with van der Waals surface area (Å²) in [6.45, 7) is 4.53. The first-order valence-corrected chi connectivity index (χ1v) is 9.70. The normalized spacial score (nSPS) is 15.9. The fourth-order valence-corrected chi connectivity index (χ4v) is 3.40. The number of nitrogens with one attached hydrogen (secondary N) is 3. The fourth-order valence-electron chi connectivity index (χ4n) is 3.40. The number of hydrogen-bond acceptors (Lipinski definition) is 3. The number of anilines is 1. The molecule has 0 spiro atoms. The van der Waals surface area contributed by atoms with Crippen molar-refractivity contribution < 1.29 is 14.0 Å². The highest BCUT2D eigenvalue weighted by atomic mass is 35.5. The van der Waals surface area contributed by atoms with Crippen LogP contribution in [0.4, 0.5) is 10.1 Å². The minimum Gasteiger partial charge on any atom is -0.352 e. The molecule has 29 heavy (non-hydrogen) atoms. The van der Waals surface area contributed by atoms with Crippen LogP contribution in [0, 0.1) is 18.7 Å². The molecule has 5 nitrogen and oxygen atoms in total. The van der Waals surface area contributed by atoms with Crippen LogP contribution < -0.4 is 16.0 Å². The summed E-state index contributed by atoms with van der Waals surface area (Å²) in [6.07, 6.45) is 3.32. The molecule has 2 aromatic rings. The van der Waals surface area contributed by atoms with Gasteiger partial charge in [-0.3, -0.25) is 9.59 Å². The maximum absolute atomic E-state index is 13.8. The summed E-state index contributed by atoms with van der Waals surface area (Å²) in [5.41, 5.74) is 1.74. The van der Waals surface area contributed by atoms with Crippen molar-refractivity contribution in [2.75, 3.05) is 25.0 Å². The lowest BCUT2D eigenvalue weighted by atomic mass is 9.96. The van der Waals surface area contributed by atoms with E-state index in [0.717, 1.165) is 25.1 Å². The van der Waals surface area contributed by atoms with Gasteiger partial charge in [-0.2, -0.15) is 0 Å². The molecule has 1 saturated heterocycles. The number of benzene rings is 2. The minimum atomic E-state index is -0.580. The molecule has 0 saturated carbocycles. The number of aryl methyl sites for hydroxylation is 1. The smallest absolute Gasteiger partial charge is 0.258 e. The highest BCUT2D eigenvalue weighted by molar-refractivity contribution is 6.05. The van der Waals surface area contributed by atoms with Crippen molar-refractivity contribution in [3.05, 3.63) is 65.0 Å². The molecule has 2 aromatic carbocycles. The third-order valence-corrected chi connectivity index (χ3v) is 5.10. The predicted octanol–water partition coefficient (Wildman–Crippen LogP) is 3.93. The van der Waals surface area contributed by atoms with E-state index in [2.05, 4.69) is 16.0 Å². The monoisotopic (exact) mass is 419 g/mol. The summed E-state index contributed by atoms with van der Waals surface area (Å²) in [5, 5.41) is 9.03. The van der Waals surface area contributed by atoms with Gasteiger partial charge in [0.2, 0.25) is 0 Å². The number of carbonyl (C=O) groups excluding carboxylic acids is 2. The van der Waals surface area contributed by atoms with Gasteiger partial charge in [0.25, 0.3) is 11.8 Å². The Bertz CT molecular complexity index is 854. The number of piperidine rings is 1. The first kappa shape index (κ1) is 22.8. The quantitative estimate of drug-likeness (QED) is 0.664. The highest BCUT2D eigenvalue weighted by Gasteiger charge is 2.15. The van der Waals surface area contributed by atoms with Gasteiger partial charge in [0.05, 0.1) is 5.56 Å². The van der Waals surface area contributed by atoms with Crippen molar-refractivity contribution in [2.45, 2.75) is 26.2 Å². The summed E-state index contributed by atoms with van der Waals surface area (Å²) in [7, 11) is 0. The average Bonchev–Trinajstić information content (AvgIpc) is 2.70. The van der Waals surface area contributed by atoms with Gasteiger partial charge in [-0.15, -0.1) is 12.4 Å². The zero-order valence-electron chi connectivity index (χ0n) is 16.5. The number of rotatable bonds is 6. The van der Waals surface area contributed by atoms with Gasteiger partial charge < -0.3 is 16.0 Å². The van der Waals surface area contributed by atoms with Crippen LogP contribution in [0.3, 0.4) is 0 Å². The fraction of sp³-hybridized carbons (Fsp3) is 0.364. The van der Waals surface area contributed by atoms with Crippen molar-refractivity contribution in [1.29, 1.82) is 0 Å². The van der Waals surface area contributed by atoms with E-state index in [0.29, 0.717) is 23.7 Å². The molecule has 156 valence electrons. The van der Waals surface area contributed by atoms with Crippen LogP contribution in [0.15, 0.2) is 42.5 Å². The number of hydrogen-bond donors (Lipinski definition) is 3. The van der Waals surface area contributed by atoms with Crippen LogP contribution in [-0.2, 0) is 0 Å². The zero-order valence-corrected chi connectivity index (χ0v) is 17.3. The Morgan fingerprint density at radius 1 is 1.17 bits per heavy atom. The van der Waals surface area contributed by atoms with E-state index in [-0.39, 0.29) is 23.9 Å². The predicted molar refractivity (Wildman–Crippen MR) is 115 cm³/mol. The lowest BCUT2D eigenvalue weighted by molar-refractivity contribution is 0.0949. The van der Waals surface area contributed by atoms with Gasteiger partial charge in [-0.25, -0.2) is 4.39 Å². The Morgan fingerprint density at radius 3 is 2.69 bits per heavy atom. The molecular formula is C22H27ClFN3O2. The van der Waals surface area contributed by atoms with Gasteiger partial charge >= 0.3 is 0 Å². The lowest BCUT2D eigenvalue weighted by Gasteiger charge is -2.22. The Morgan fingerprint density at radius 2 is 1.97 bits per heavy atom. The first-order valence-electron chi connectivity index (χ1n) is 9.70. The molecule has 1 aliphatic rings. The van der Waals surface area contributed by atoms with Gasteiger partial charge in [0, 0.05) is 17.8 Å². The Labute approximate surface area is 176 Å². The van der Waals surface area contributed by atoms with Crippen molar-refractivity contribution in [2.24, 2.45) is 5.92 Å². The van der Waals surface area contributed by atoms with E-state index in [1.165, 1.54) is 31.0 Å². The topological polar surface area (TPSA) is 70.2 Å². The van der Waals surface area contributed by atoms with Gasteiger partial charge in [0.15, 0.2) is 0 Å². The van der Waals surface area contributed by atoms with Crippen molar-refractivity contribution >= 4 is 29.9 Å². The molecule has 7 heteroatoms. The van der Waals surface area contributed by atoms with E-state index >= 15 is 0 Å². The summed E-state index contributed by atoms with van der Waals surface area (Å²) < 4.78 is 13.8. The molecule has 0 aromatic heterocycles. The summed E-state index contributed by atoms with van der Waals surface area (Å²) in [5.74, 6) is -0.694. The third kappa shape index (κ3) is 6.27. The molecule has 1 fully saturated rings. The van der Waals surface area contributed by atoms with E-state index in [4.69, 9.17) is 0 Å². The second-order valence-electron chi connectivity index (χ2n) is 7.22. The molecule has 3 N–H and O–H groups in total. The Kier molecular flexibility index (Phi) is 8.61. The van der Waals surface area contributed by atoms with E-state index < -0.39 is 11.7 Å². The SMILES string of the molecule is Cc1ccc(C(=O)NCCC2CCCNC2)cc1NC(=O)c1ccccc1F.Cl. The van der Waals surface area contributed by atoms with Crippen molar-refractivity contribution in [3.8, 4) is 0 Å². The largest absolute Gasteiger partial charge is 0.352 e. The van der Waals surface area contributed by atoms with Crippen LogP contribution in [0.5, 0.6) is 0 Å². The van der Waals surface area contributed by atoms with E-state index in [9.17, 15) is 14.0 Å². The molecule has 1 heterocycles. The number of amides is 2. The zero-order chi connectivity index (χ0) is 19.9. The number of carbonyl (C=O) groups is 2. The van der Waals surface area contributed by atoms with E-state index in [1.54, 1.807) is 24.3 Å². The van der Waals surface area contributed by atoms with Crippen LogP contribution in [0.2, 0.25) is 0 Å². The van der Waals surface area contributed by atoms with Crippen molar-refractivity contribution in [1.82, 2.24) is 10.6 Å². The molecular weight excluding hydrogens is 393 g/mol. The standard InChI is InChI=1S/C22H26FN3O2.ClH/c1-15-8-9-17(21(27)25-12-10-16-5-4-11-24-14-16)13-20(15)26-22(28)18-6-2-3-7-19(18)23;/h2-3,6-9,13,16,24H,4-5,10-12,14H2,1H3,(H,25,27)(H,26,28);1H. The summed E-state index contributed by atoms with van der Waals surface area (Å²) >= 11 is 0. The third-order valence-electron chi connectivity index (χ3n) is 5.10. The second-order valence-corrected chi connectivity index (χ2v) is 7.22. The second kappa shape index (κ2) is 10.9. The van der Waals surface area contributed by atoms with Gasteiger partial charge in [-0.05, 0) is 75.0 Å². The molecule has 1 aliphatic heterocycles. The molecule has 0 bridgehead atoms. The molecule has 3 rings (SSSR count). The van der Waals surface area contributed by atoms with Crippen LogP contribution >= 0.6 is 12.4 Å². The van der Waals surface area contributed by atoms with Crippen LogP contribution in [0.1, 0.15) is 45.5 Å². The van der Waals surface area contributed by atoms with Gasteiger partial charge in [-0.1, -0.05) is 18.2 Å². The minimum absolute atomic E-state index is 0. The van der Waals surface area contributed by atoms with Crippen molar-refractivity contribution in [3.63, 3.8) is 0 Å². The summed E-state index contributed by atoms with van der Waals surface area (Å²) in [6, 6.07) is 10.9. The molecule has 0 aliphatic carbocycles. The maximum atomic E-state index is 13.8. The first-order chi connectivity index (χ1) is 13.5. The van der Waals surface area contributed by atoms with Crippen LogP contribution in [-0.4, -0.2) is 31.4 Å². The highest BCUT2D eigenvalue weighted by Crippen LogP contribution is 2.19. The maximum Gasteiger partial charge on any atom is 0.258 e. The van der Waals surface area contributed by atoms with Crippen LogP contribution in [0.25, 0.3) is 0 Å². The summed E-state index contributed by atoms with van der Waals surface area (Å²) in [4.78, 5) is 24.8. The van der Waals surface area contributed by atoms with E-state index in [1.807, 2.05) is 6.92 Å². The lowest BCUT2D eigenvalue weighted by Crippen LogP contribution is -2.33. The Balaban J connectivity index is 0.00000300.